The molecule has 3 heterocycles. The molecule has 2 aromatic rings. The van der Waals surface area contributed by atoms with Crippen LogP contribution in [0.3, 0.4) is 0 Å². The second-order valence-corrected chi connectivity index (χ2v) is 9.78. The lowest BCUT2D eigenvalue weighted by Crippen LogP contribution is -2.42. The van der Waals surface area contributed by atoms with Crippen molar-refractivity contribution in [1.29, 1.82) is 0 Å². The SMILES string of the molecule is CC(C)(C)OC(=O)N[C@H]1CC[C@@H](Oc2nc(N3CCOCC3)cc3ncc(C(N)=O)cc23)CC1. The monoisotopic (exact) mass is 471 g/mol. The minimum absolute atomic E-state index is 0.0437. The summed E-state index contributed by atoms with van der Waals surface area (Å²) in [5.41, 5.74) is 5.95. The third-order valence-corrected chi connectivity index (χ3v) is 5.92. The van der Waals surface area contributed by atoms with Crippen molar-refractivity contribution in [1.82, 2.24) is 15.3 Å². The summed E-state index contributed by atoms with van der Waals surface area (Å²) in [7, 11) is 0. The Balaban J connectivity index is 1.49. The van der Waals surface area contributed by atoms with Crippen LogP contribution in [0.5, 0.6) is 5.88 Å². The highest BCUT2D eigenvalue weighted by Gasteiger charge is 2.27. The van der Waals surface area contributed by atoms with Gasteiger partial charge in [-0.1, -0.05) is 0 Å². The standard InChI is InChI=1S/C24H33N5O5/c1-24(2,3)34-23(31)27-16-4-6-17(7-5-16)33-22-18-12-15(21(25)30)14-26-19(18)13-20(28-22)29-8-10-32-11-9-29/h12-14,16-17H,4-11H2,1-3H3,(H2,25,30)(H,27,31)/t16-,17+. The Morgan fingerprint density at radius 2 is 1.85 bits per heavy atom. The van der Waals surface area contributed by atoms with Gasteiger partial charge in [-0.15, -0.1) is 0 Å². The molecule has 1 aliphatic carbocycles. The molecule has 1 saturated heterocycles. The van der Waals surface area contributed by atoms with Gasteiger partial charge in [-0.05, 0) is 52.5 Å². The molecule has 3 N–H and O–H groups in total. The van der Waals surface area contributed by atoms with Crippen LogP contribution in [0.25, 0.3) is 10.9 Å². The molecule has 2 aromatic heterocycles. The van der Waals surface area contributed by atoms with Crippen LogP contribution in [0.4, 0.5) is 10.6 Å². The summed E-state index contributed by atoms with van der Waals surface area (Å²) < 4.78 is 17.2. The van der Waals surface area contributed by atoms with Gasteiger partial charge in [0.05, 0.1) is 29.7 Å². The number of carbonyl (C=O) groups is 2. The fourth-order valence-corrected chi connectivity index (χ4v) is 4.22. The molecule has 4 rings (SSSR count). The summed E-state index contributed by atoms with van der Waals surface area (Å²) in [5, 5.41) is 3.60. The summed E-state index contributed by atoms with van der Waals surface area (Å²) in [6.07, 6.45) is 4.08. The Hall–Kier alpha value is -3.14. The summed E-state index contributed by atoms with van der Waals surface area (Å²) >= 11 is 0. The fourth-order valence-electron chi connectivity index (χ4n) is 4.22. The van der Waals surface area contributed by atoms with Crippen LogP contribution in [0.15, 0.2) is 18.3 Å². The molecule has 2 amide bonds. The van der Waals surface area contributed by atoms with Gasteiger partial charge in [0.15, 0.2) is 0 Å². The van der Waals surface area contributed by atoms with Crippen molar-refractivity contribution >= 4 is 28.7 Å². The Labute approximate surface area is 199 Å². The number of primary amides is 1. The molecule has 34 heavy (non-hydrogen) atoms. The van der Waals surface area contributed by atoms with E-state index in [1.165, 1.54) is 6.20 Å². The van der Waals surface area contributed by atoms with E-state index in [0.29, 0.717) is 35.6 Å². The number of anilines is 1. The molecule has 10 nitrogen and oxygen atoms in total. The number of alkyl carbamates (subject to hydrolysis) is 1. The van der Waals surface area contributed by atoms with Gasteiger partial charge in [0.2, 0.25) is 11.8 Å². The fraction of sp³-hybridized carbons (Fsp3) is 0.583. The Morgan fingerprint density at radius 3 is 2.50 bits per heavy atom. The van der Waals surface area contributed by atoms with Gasteiger partial charge in [0, 0.05) is 31.4 Å². The van der Waals surface area contributed by atoms with Crippen LogP contribution in [0.2, 0.25) is 0 Å². The maximum Gasteiger partial charge on any atom is 0.407 e. The maximum absolute atomic E-state index is 12.1. The van der Waals surface area contributed by atoms with E-state index in [-0.39, 0.29) is 12.1 Å². The number of nitrogens with one attached hydrogen (secondary N) is 1. The summed E-state index contributed by atoms with van der Waals surface area (Å²) in [6, 6.07) is 3.63. The van der Waals surface area contributed by atoms with Crippen molar-refractivity contribution in [2.75, 3.05) is 31.2 Å². The van der Waals surface area contributed by atoms with E-state index in [4.69, 9.17) is 24.9 Å². The van der Waals surface area contributed by atoms with Crippen molar-refractivity contribution in [3.63, 3.8) is 0 Å². The third-order valence-electron chi connectivity index (χ3n) is 5.92. The molecule has 0 aromatic carbocycles. The zero-order chi connectivity index (χ0) is 24.3. The van der Waals surface area contributed by atoms with E-state index in [9.17, 15) is 9.59 Å². The van der Waals surface area contributed by atoms with Crippen LogP contribution >= 0.6 is 0 Å². The lowest BCUT2D eigenvalue weighted by atomic mass is 9.93. The van der Waals surface area contributed by atoms with E-state index in [1.54, 1.807) is 6.07 Å². The molecular weight excluding hydrogens is 438 g/mol. The number of amides is 2. The molecule has 0 bridgehead atoms. The largest absolute Gasteiger partial charge is 0.474 e. The van der Waals surface area contributed by atoms with E-state index < -0.39 is 17.6 Å². The first-order chi connectivity index (χ1) is 16.2. The summed E-state index contributed by atoms with van der Waals surface area (Å²) in [5.74, 6) is 0.662. The highest BCUT2D eigenvalue weighted by molar-refractivity contribution is 5.97. The summed E-state index contributed by atoms with van der Waals surface area (Å²) in [6.45, 7) is 8.28. The molecule has 0 radical (unpaired) electrons. The lowest BCUT2D eigenvalue weighted by molar-refractivity contribution is 0.0470. The number of pyridine rings is 2. The van der Waals surface area contributed by atoms with Crippen molar-refractivity contribution in [3.05, 3.63) is 23.9 Å². The first kappa shape index (κ1) is 24.0. The normalized spacial score (nSPS) is 21.2. The number of aromatic nitrogens is 2. The number of ether oxygens (including phenoxy) is 3. The number of carbonyl (C=O) groups excluding carboxylic acids is 2. The zero-order valence-corrected chi connectivity index (χ0v) is 20.0. The molecule has 0 unspecified atom stereocenters. The van der Waals surface area contributed by atoms with Crippen molar-refractivity contribution < 1.29 is 23.8 Å². The minimum Gasteiger partial charge on any atom is -0.474 e. The number of hydrogen-bond acceptors (Lipinski definition) is 8. The zero-order valence-electron chi connectivity index (χ0n) is 20.0. The minimum atomic E-state index is -0.550. The van der Waals surface area contributed by atoms with Crippen LogP contribution < -0.4 is 20.7 Å². The molecule has 1 aliphatic heterocycles. The molecule has 2 aliphatic rings. The Morgan fingerprint density at radius 1 is 1.15 bits per heavy atom. The second-order valence-electron chi connectivity index (χ2n) is 9.78. The van der Waals surface area contributed by atoms with Gasteiger partial charge in [-0.25, -0.2) is 4.79 Å². The van der Waals surface area contributed by atoms with E-state index >= 15 is 0 Å². The average molecular weight is 472 g/mol. The van der Waals surface area contributed by atoms with Crippen molar-refractivity contribution in [2.24, 2.45) is 5.73 Å². The number of rotatable bonds is 5. The first-order valence-electron chi connectivity index (χ1n) is 11.8. The molecule has 0 spiro atoms. The van der Waals surface area contributed by atoms with Crippen molar-refractivity contribution in [3.8, 4) is 5.88 Å². The van der Waals surface area contributed by atoms with Gasteiger partial charge < -0.3 is 30.2 Å². The smallest absolute Gasteiger partial charge is 0.407 e. The Bertz CT molecular complexity index is 1040. The van der Waals surface area contributed by atoms with Gasteiger partial charge in [-0.3, -0.25) is 9.78 Å². The van der Waals surface area contributed by atoms with Gasteiger partial charge in [-0.2, -0.15) is 4.98 Å². The quantitative estimate of drug-likeness (QED) is 0.681. The first-order valence-corrected chi connectivity index (χ1v) is 11.8. The number of morpholine rings is 1. The summed E-state index contributed by atoms with van der Waals surface area (Å²) in [4.78, 5) is 35.2. The maximum atomic E-state index is 12.1. The second kappa shape index (κ2) is 10.0. The van der Waals surface area contributed by atoms with E-state index in [1.807, 2.05) is 26.8 Å². The highest BCUT2D eigenvalue weighted by atomic mass is 16.6. The molecule has 2 fully saturated rings. The topological polar surface area (TPSA) is 129 Å². The molecule has 0 atom stereocenters. The predicted molar refractivity (Wildman–Crippen MR) is 127 cm³/mol. The molecular formula is C24H33N5O5. The van der Waals surface area contributed by atoms with Crippen LogP contribution in [-0.2, 0) is 9.47 Å². The number of fused-ring (bicyclic) bond motifs is 1. The molecule has 184 valence electrons. The number of hydrogen-bond donors (Lipinski definition) is 2. The molecule has 10 heteroatoms. The Kier molecular flexibility index (Phi) is 7.06. The number of nitrogens with two attached hydrogens (primary N) is 1. The predicted octanol–water partition coefficient (Wildman–Crippen LogP) is 2.78. The highest BCUT2D eigenvalue weighted by Crippen LogP contribution is 2.31. The van der Waals surface area contributed by atoms with Gasteiger partial charge >= 0.3 is 6.09 Å². The van der Waals surface area contributed by atoms with Crippen LogP contribution in [-0.4, -0.2) is 66.0 Å². The number of nitrogens with zero attached hydrogens (tertiary/aromatic N) is 3. The van der Waals surface area contributed by atoms with Crippen molar-refractivity contribution in [2.45, 2.75) is 64.2 Å². The van der Waals surface area contributed by atoms with E-state index in [0.717, 1.165) is 44.6 Å². The van der Waals surface area contributed by atoms with Gasteiger partial charge in [0.1, 0.15) is 17.5 Å². The lowest BCUT2D eigenvalue weighted by Gasteiger charge is -2.31. The van der Waals surface area contributed by atoms with Gasteiger partial charge in [0.25, 0.3) is 0 Å². The van der Waals surface area contributed by atoms with E-state index in [2.05, 4.69) is 15.2 Å². The average Bonchev–Trinajstić information content (AvgIpc) is 2.79. The molecule has 1 saturated carbocycles. The van der Waals surface area contributed by atoms with Crippen LogP contribution in [0.1, 0.15) is 56.8 Å². The van der Waals surface area contributed by atoms with Crippen LogP contribution in [0, 0.1) is 0 Å². The third kappa shape index (κ3) is 6.05.